The molecule has 1 fully saturated rings. The Hall–Kier alpha value is -2.82. The van der Waals surface area contributed by atoms with E-state index in [0.717, 1.165) is 36.2 Å². The summed E-state index contributed by atoms with van der Waals surface area (Å²) >= 11 is 0. The number of hydrogen-bond donors (Lipinski definition) is 2. The monoisotopic (exact) mass is 393 g/mol. The van der Waals surface area contributed by atoms with Gasteiger partial charge in [0.25, 0.3) is 5.91 Å². The number of aryl methyl sites for hydroxylation is 1. The van der Waals surface area contributed by atoms with Crippen LogP contribution in [0.1, 0.15) is 60.6 Å². The first-order valence-electron chi connectivity index (χ1n) is 10.5. The standard InChI is InChI=1S/C24H31N3O2/c1-17-15-21(24(29)27-14-8-7-9-18(27)2)12-13-22(17)25-16-23(28)26-19(3)20-10-5-4-6-11-20/h4-6,10-13,15,18-19,25H,7-9,14,16H2,1-3H3,(H,26,28). The van der Waals surface area contributed by atoms with E-state index in [-0.39, 0.29) is 24.4 Å². The average molecular weight is 394 g/mol. The zero-order chi connectivity index (χ0) is 20.8. The van der Waals surface area contributed by atoms with Crippen molar-refractivity contribution in [3.05, 3.63) is 65.2 Å². The summed E-state index contributed by atoms with van der Waals surface area (Å²) in [5.41, 5.74) is 3.62. The molecule has 1 heterocycles. The van der Waals surface area contributed by atoms with Gasteiger partial charge in [0.15, 0.2) is 0 Å². The molecule has 154 valence electrons. The summed E-state index contributed by atoms with van der Waals surface area (Å²) < 4.78 is 0. The van der Waals surface area contributed by atoms with Crippen molar-refractivity contribution in [1.29, 1.82) is 0 Å². The predicted molar refractivity (Wildman–Crippen MR) is 117 cm³/mol. The van der Waals surface area contributed by atoms with Crippen LogP contribution in [-0.4, -0.2) is 35.8 Å². The molecular formula is C24H31N3O2. The largest absolute Gasteiger partial charge is 0.376 e. The summed E-state index contributed by atoms with van der Waals surface area (Å²) in [4.78, 5) is 27.1. The Morgan fingerprint density at radius 3 is 2.59 bits per heavy atom. The molecule has 2 aromatic carbocycles. The Balaban J connectivity index is 1.56. The third-order valence-electron chi connectivity index (χ3n) is 5.65. The number of anilines is 1. The minimum atomic E-state index is -0.0666. The fourth-order valence-corrected chi connectivity index (χ4v) is 3.85. The van der Waals surface area contributed by atoms with Crippen molar-refractivity contribution in [2.24, 2.45) is 0 Å². The molecule has 29 heavy (non-hydrogen) atoms. The minimum absolute atomic E-state index is 0.0434. The quantitative estimate of drug-likeness (QED) is 0.769. The van der Waals surface area contributed by atoms with Gasteiger partial charge in [0.1, 0.15) is 0 Å². The van der Waals surface area contributed by atoms with E-state index in [1.807, 2.05) is 67.3 Å². The molecule has 0 spiro atoms. The van der Waals surface area contributed by atoms with Crippen LogP contribution in [0.25, 0.3) is 0 Å². The number of carbonyl (C=O) groups is 2. The van der Waals surface area contributed by atoms with Crippen LogP contribution >= 0.6 is 0 Å². The number of nitrogens with one attached hydrogen (secondary N) is 2. The molecule has 5 heteroatoms. The number of carbonyl (C=O) groups excluding carboxylic acids is 2. The van der Waals surface area contributed by atoms with Crippen LogP contribution in [0.2, 0.25) is 0 Å². The van der Waals surface area contributed by atoms with Gasteiger partial charge >= 0.3 is 0 Å². The number of amides is 2. The SMILES string of the molecule is Cc1cc(C(=O)N2CCCCC2C)ccc1NCC(=O)NC(C)c1ccccc1. The molecule has 2 amide bonds. The maximum absolute atomic E-state index is 12.8. The first kappa shape index (κ1) is 20.9. The Morgan fingerprint density at radius 1 is 1.14 bits per heavy atom. The van der Waals surface area contributed by atoms with Crippen molar-refractivity contribution in [2.75, 3.05) is 18.4 Å². The summed E-state index contributed by atoms with van der Waals surface area (Å²) in [5, 5.41) is 6.19. The highest BCUT2D eigenvalue weighted by Crippen LogP contribution is 2.22. The summed E-state index contributed by atoms with van der Waals surface area (Å²) in [6.45, 7) is 7.08. The molecule has 0 aromatic heterocycles. The molecule has 2 N–H and O–H groups in total. The number of piperidine rings is 1. The maximum Gasteiger partial charge on any atom is 0.254 e. The van der Waals surface area contributed by atoms with E-state index < -0.39 is 0 Å². The maximum atomic E-state index is 12.8. The third-order valence-corrected chi connectivity index (χ3v) is 5.65. The van der Waals surface area contributed by atoms with Crippen molar-refractivity contribution >= 4 is 17.5 Å². The summed E-state index contributed by atoms with van der Waals surface area (Å²) in [6, 6.07) is 15.8. The smallest absolute Gasteiger partial charge is 0.254 e. The van der Waals surface area contributed by atoms with Gasteiger partial charge in [0, 0.05) is 23.8 Å². The lowest BCUT2D eigenvalue weighted by Crippen LogP contribution is -2.42. The lowest BCUT2D eigenvalue weighted by Gasteiger charge is -2.33. The van der Waals surface area contributed by atoms with Crippen LogP contribution in [0.3, 0.4) is 0 Å². The van der Waals surface area contributed by atoms with Crippen LogP contribution in [0.5, 0.6) is 0 Å². The van der Waals surface area contributed by atoms with Gasteiger partial charge < -0.3 is 15.5 Å². The molecule has 1 saturated heterocycles. The van der Waals surface area contributed by atoms with Crippen molar-refractivity contribution in [3.8, 4) is 0 Å². The first-order valence-corrected chi connectivity index (χ1v) is 10.5. The van der Waals surface area contributed by atoms with Gasteiger partial charge in [-0.2, -0.15) is 0 Å². The summed E-state index contributed by atoms with van der Waals surface area (Å²) in [7, 11) is 0. The number of rotatable bonds is 6. The van der Waals surface area contributed by atoms with Crippen molar-refractivity contribution < 1.29 is 9.59 Å². The average Bonchev–Trinajstić information content (AvgIpc) is 2.73. The number of likely N-dealkylation sites (tertiary alicyclic amines) is 1. The van der Waals surface area contributed by atoms with Gasteiger partial charge in [-0.1, -0.05) is 30.3 Å². The molecule has 3 rings (SSSR count). The van der Waals surface area contributed by atoms with Gasteiger partial charge in [-0.15, -0.1) is 0 Å². The van der Waals surface area contributed by atoms with Crippen LogP contribution in [0, 0.1) is 6.92 Å². The van der Waals surface area contributed by atoms with Gasteiger partial charge in [0.2, 0.25) is 5.91 Å². The van der Waals surface area contributed by atoms with Crippen LogP contribution in [0.15, 0.2) is 48.5 Å². The Kier molecular flexibility index (Phi) is 6.91. The lowest BCUT2D eigenvalue weighted by molar-refractivity contribution is -0.120. The summed E-state index contributed by atoms with van der Waals surface area (Å²) in [6.07, 6.45) is 3.34. The fraction of sp³-hybridized carbons (Fsp3) is 0.417. The van der Waals surface area contributed by atoms with Crippen molar-refractivity contribution in [2.45, 2.75) is 52.1 Å². The highest BCUT2D eigenvalue weighted by molar-refractivity contribution is 5.95. The minimum Gasteiger partial charge on any atom is -0.376 e. The van der Waals surface area contributed by atoms with Crippen LogP contribution in [0.4, 0.5) is 5.69 Å². The van der Waals surface area contributed by atoms with E-state index in [9.17, 15) is 9.59 Å². The third kappa shape index (κ3) is 5.37. The fourth-order valence-electron chi connectivity index (χ4n) is 3.85. The zero-order valence-electron chi connectivity index (χ0n) is 17.6. The van der Waals surface area contributed by atoms with E-state index in [4.69, 9.17) is 0 Å². The zero-order valence-corrected chi connectivity index (χ0v) is 17.6. The van der Waals surface area contributed by atoms with Crippen LogP contribution in [-0.2, 0) is 4.79 Å². The van der Waals surface area contributed by atoms with Gasteiger partial charge in [-0.3, -0.25) is 9.59 Å². The normalized spacial score (nSPS) is 17.5. The molecule has 0 radical (unpaired) electrons. The molecule has 0 aliphatic carbocycles. The van der Waals surface area contributed by atoms with E-state index in [1.165, 1.54) is 6.42 Å². The predicted octanol–water partition coefficient (Wildman–Crippen LogP) is 4.30. The molecule has 5 nitrogen and oxygen atoms in total. The highest BCUT2D eigenvalue weighted by Gasteiger charge is 2.24. The topological polar surface area (TPSA) is 61.4 Å². The number of nitrogens with zero attached hydrogens (tertiary/aromatic N) is 1. The molecule has 1 aliphatic heterocycles. The molecule has 2 aromatic rings. The van der Waals surface area contributed by atoms with E-state index >= 15 is 0 Å². The Morgan fingerprint density at radius 2 is 1.90 bits per heavy atom. The molecular weight excluding hydrogens is 362 g/mol. The van der Waals surface area contributed by atoms with Gasteiger partial charge in [-0.05, 0) is 69.4 Å². The highest BCUT2D eigenvalue weighted by atomic mass is 16.2. The second-order valence-electron chi connectivity index (χ2n) is 7.93. The molecule has 2 atom stereocenters. The molecule has 2 unspecified atom stereocenters. The molecule has 0 bridgehead atoms. The van der Waals surface area contributed by atoms with Crippen LogP contribution < -0.4 is 10.6 Å². The van der Waals surface area contributed by atoms with E-state index in [2.05, 4.69) is 17.6 Å². The number of benzene rings is 2. The second-order valence-corrected chi connectivity index (χ2v) is 7.93. The van der Waals surface area contributed by atoms with Crippen molar-refractivity contribution in [3.63, 3.8) is 0 Å². The summed E-state index contributed by atoms with van der Waals surface area (Å²) in [5.74, 6) is 0.0318. The number of hydrogen-bond acceptors (Lipinski definition) is 3. The first-order chi connectivity index (χ1) is 14.0. The van der Waals surface area contributed by atoms with Gasteiger partial charge in [0.05, 0.1) is 12.6 Å². The van der Waals surface area contributed by atoms with E-state index in [1.54, 1.807) is 0 Å². The van der Waals surface area contributed by atoms with E-state index in [0.29, 0.717) is 11.6 Å². The molecule has 0 saturated carbocycles. The lowest BCUT2D eigenvalue weighted by atomic mass is 10.0. The Labute approximate surface area is 173 Å². The second kappa shape index (κ2) is 9.59. The molecule has 1 aliphatic rings. The Bertz CT molecular complexity index is 850. The van der Waals surface area contributed by atoms with Crippen molar-refractivity contribution in [1.82, 2.24) is 10.2 Å². The van der Waals surface area contributed by atoms with Gasteiger partial charge in [-0.25, -0.2) is 0 Å².